The predicted octanol–water partition coefficient (Wildman–Crippen LogP) is 3.68. The molecule has 96 valence electrons. The molecule has 18 heavy (non-hydrogen) atoms. The SMILES string of the molecule is CCCNC(c1ccccc1F)c1scnc1C. The Bertz CT molecular complexity index is 510. The highest BCUT2D eigenvalue weighted by atomic mass is 32.1. The molecule has 1 heterocycles. The Morgan fingerprint density at radius 3 is 2.78 bits per heavy atom. The molecule has 0 amide bonds. The van der Waals surface area contributed by atoms with Gasteiger partial charge >= 0.3 is 0 Å². The van der Waals surface area contributed by atoms with E-state index in [1.807, 2.05) is 24.6 Å². The highest BCUT2D eigenvalue weighted by molar-refractivity contribution is 7.09. The molecule has 1 aromatic heterocycles. The molecule has 2 nitrogen and oxygen atoms in total. The summed E-state index contributed by atoms with van der Waals surface area (Å²) < 4.78 is 13.9. The summed E-state index contributed by atoms with van der Waals surface area (Å²) in [7, 11) is 0. The molecule has 0 fully saturated rings. The second kappa shape index (κ2) is 6.07. The fourth-order valence-corrected chi connectivity index (χ4v) is 2.82. The minimum atomic E-state index is -0.168. The zero-order chi connectivity index (χ0) is 13.0. The molecule has 2 aromatic rings. The summed E-state index contributed by atoms with van der Waals surface area (Å²) in [5.41, 5.74) is 3.47. The molecule has 4 heteroatoms. The molecule has 1 atom stereocenters. The van der Waals surface area contributed by atoms with Gasteiger partial charge in [-0.25, -0.2) is 9.37 Å². The van der Waals surface area contributed by atoms with Crippen molar-refractivity contribution in [3.8, 4) is 0 Å². The van der Waals surface area contributed by atoms with Crippen LogP contribution >= 0.6 is 11.3 Å². The summed E-state index contributed by atoms with van der Waals surface area (Å²) in [6, 6.07) is 6.83. The fourth-order valence-electron chi connectivity index (χ4n) is 1.93. The largest absolute Gasteiger partial charge is 0.305 e. The van der Waals surface area contributed by atoms with E-state index >= 15 is 0 Å². The lowest BCUT2D eigenvalue weighted by atomic mass is 10.0. The van der Waals surface area contributed by atoms with Gasteiger partial charge in [-0.3, -0.25) is 0 Å². The zero-order valence-corrected chi connectivity index (χ0v) is 11.4. The number of rotatable bonds is 5. The van der Waals surface area contributed by atoms with Crippen LogP contribution in [0.25, 0.3) is 0 Å². The van der Waals surface area contributed by atoms with Crippen LogP contribution in [-0.4, -0.2) is 11.5 Å². The molecule has 0 saturated heterocycles. The molecule has 1 aromatic carbocycles. The van der Waals surface area contributed by atoms with Crippen LogP contribution in [0.1, 0.15) is 35.5 Å². The standard InChI is InChI=1S/C14H17FN2S/c1-3-8-16-13(14-10(2)17-9-18-14)11-6-4-5-7-12(11)15/h4-7,9,13,16H,3,8H2,1-2H3. The molecule has 1 unspecified atom stereocenters. The van der Waals surface area contributed by atoms with Crippen LogP contribution in [-0.2, 0) is 0 Å². The molecule has 0 radical (unpaired) electrons. The Hall–Kier alpha value is -1.26. The number of nitrogens with one attached hydrogen (secondary N) is 1. The monoisotopic (exact) mass is 264 g/mol. The quantitative estimate of drug-likeness (QED) is 0.891. The van der Waals surface area contributed by atoms with Crippen molar-refractivity contribution in [3.05, 3.63) is 51.7 Å². The maximum absolute atomic E-state index is 13.9. The summed E-state index contributed by atoms with van der Waals surface area (Å²) in [5.74, 6) is -0.168. The number of aryl methyl sites for hydroxylation is 1. The van der Waals surface area contributed by atoms with Gasteiger partial charge in [0.05, 0.1) is 17.2 Å². The molecule has 1 N–H and O–H groups in total. The van der Waals surface area contributed by atoms with Gasteiger partial charge < -0.3 is 5.32 Å². The van der Waals surface area contributed by atoms with Crippen LogP contribution < -0.4 is 5.32 Å². The minimum Gasteiger partial charge on any atom is -0.305 e. The van der Waals surface area contributed by atoms with Crippen LogP contribution in [0.15, 0.2) is 29.8 Å². The Labute approximate surface area is 111 Å². The van der Waals surface area contributed by atoms with E-state index in [4.69, 9.17) is 0 Å². The van der Waals surface area contributed by atoms with Gasteiger partial charge in [0.25, 0.3) is 0 Å². The van der Waals surface area contributed by atoms with Gasteiger partial charge in [0.15, 0.2) is 0 Å². The lowest BCUT2D eigenvalue weighted by Gasteiger charge is -2.18. The third kappa shape index (κ3) is 2.76. The number of halogens is 1. The predicted molar refractivity (Wildman–Crippen MR) is 73.4 cm³/mol. The highest BCUT2D eigenvalue weighted by Crippen LogP contribution is 2.29. The van der Waals surface area contributed by atoms with Gasteiger partial charge in [-0.15, -0.1) is 11.3 Å². The van der Waals surface area contributed by atoms with Crippen molar-refractivity contribution in [2.75, 3.05) is 6.54 Å². The number of hydrogen-bond acceptors (Lipinski definition) is 3. The smallest absolute Gasteiger partial charge is 0.128 e. The van der Waals surface area contributed by atoms with E-state index in [1.54, 1.807) is 17.4 Å². The third-order valence-electron chi connectivity index (χ3n) is 2.86. The second-order valence-corrected chi connectivity index (χ2v) is 5.10. The van der Waals surface area contributed by atoms with Crippen LogP contribution in [0.4, 0.5) is 4.39 Å². The van der Waals surface area contributed by atoms with E-state index in [0.29, 0.717) is 5.56 Å². The number of nitrogens with zero attached hydrogens (tertiary/aromatic N) is 1. The van der Waals surface area contributed by atoms with Gasteiger partial charge in [0, 0.05) is 10.4 Å². The lowest BCUT2D eigenvalue weighted by Crippen LogP contribution is -2.24. The van der Waals surface area contributed by atoms with Crippen molar-refractivity contribution >= 4 is 11.3 Å². The van der Waals surface area contributed by atoms with E-state index in [2.05, 4.69) is 17.2 Å². The first kappa shape index (κ1) is 13.2. The molecule has 0 saturated carbocycles. The van der Waals surface area contributed by atoms with Gasteiger partial charge in [0.1, 0.15) is 5.82 Å². The van der Waals surface area contributed by atoms with Crippen molar-refractivity contribution in [2.45, 2.75) is 26.3 Å². The lowest BCUT2D eigenvalue weighted by molar-refractivity contribution is 0.549. The minimum absolute atomic E-state index is 0.0985. The van der Waals surface area contributed by atoms with Gasteiger partial charge in [0.2, 0.25) is 0 Å². The summed E-state index contributed by atoms with van der Waals surface area (Å²) in [6.45, 7) is 4.93. The summed E-state index contributed by atoms with van der Waals surface area (Å²) in [5, 5.41) is 3.40. The van der Waals surface area contributed by atoms with E-state index < -0.39 is 0 Å². The van der Waals surface area contributed by atoms with Crippen LogP contribution in [0, 0.1) is 12.7 Å². The third-order valence-corrected chi connectivity index (χ3v) is 3.86. The molecular weight excluding hydrogens is 247 g/mol. The van der Waals surface area contributed by atoms with Gasteiger partial charge in [-0.2, -0.15) is 0 Å². The average Bonchev–Trinajstić information content (AvgIpc) is 2.78. The fraction of sp³-hybridized carbons (Fsp3) is 0.357. The summed E-state index contributed by atoms with van der Waals surface area (Å²) in [6.07, 6.45) is 1.02. The Morgan fingerprint density at radius 1 is 1.39 bits per heavy atom. The van der Waals surface area contributed by atoms with E-state index in [1.165, 1.54) is 6.07 Å². The highest BCUT2D eigenvalue weighted by Gasteiger charge is 2.20. The summed E-state index contributed by atoms with van der Waals surface area (Å²) >= 11 is 1.57. The number of hydrogen-bond donors (Lipinski definition) is 1. The van der Waals surface area contributed by atoms with Crippen LogP contribution in [0.2, 0.25) is 0 Å². The van der Waals surface area contributed by atoms with Gasteiger partial charge in [-0.1, -0.05) is 25.1 Å². The zero-order valence-electron chi connectivity index (χ0n) is 10.6. The topological polar surface area (TPSA) is 24.9 Å². The Morgan fingerprint density at radius 2 is 2.17 bits per heavy atom. The van der Waals surface area contributed by atoms with E-state index in [-0.39, 0.29) is 11.9 Å². The summed E-state index contributed by atoms with van der Waals surface area (Å²) in [4.78, 5) is 5.35. The number of aromatic nitrogens is 1. The van der Waals surface area contributed by atoms with Crippen LogP contribution in [0.5, 0.6) is 0 Å². The number of benzene rings is 1. The molecule has 0 aliphatic heterocycles. The van der Waals surface area contributed by atoms with Crippen molar-refractivity contribution in [1.29, 1.82) is 0 Å². The molecule has 0 spiro atoms. The first-order valence-electron chi connectivity index (χ1n) is 6.11. The molecule has 2 rings (SSSR count). The van der Waals surface area contributed by atoms with Crippen molar-refractivity contribution in [3.63, 3.8) is 0 Å². The van der Waals surface area contributed by atoms with Crippen molar-refractivity contribution in [2.24, 2.45) is 0 Å². The molecule has 0 aliphatic carbocycles. The Balaban J connectivity index is 2.37. The van der Waals surface area contributed by atoms with Crippen molar-refractivity contribution < 1.29 is 4.39 Å². The normalized spacial score (nSPS) is 12.6. The van der Waals surface area contributed by atoms with Crippen molar-refractivity contribution in [1.82, 2.24) is 10.3 Å². The average molecular weight is 264 g/mol. The first-order valence-corrected chi connectivity index (χ1v) is 6.99. The van der Waals surface area contributed by atoms with E-state index in [9.17, 15) is 4.39 Å². The second-order valence-electron chi connectivity index (χ2n) is 4.21. The van der Waals surface area contributed by atoms with Crippen LogP contribution in [0.3, 0.4) is 0 Å². The maximum atomic E-state index is 13.9. The van der Waals surface area contributed by atoms with E-state index in [0.717, 1.165) is 23.5 Å². The van der Waals surface area contributed by atoms with Gasteiger partial charge in [-0.05, 0) is 26.0 Å². The molecular formula is C14H17FN2S. The maximum Gasteiger partial charge on any atom is 0.128 e. The Kier molecular flexibility index (Phi) is 4.44. The number of thiazole rings is 1. The molecule has 0 aliphatic rings. The molecule has 0 bridgehead atoms. The first-order chi connectivity index (χ1) is 8.74.